The van der Waals surface area contributed by atoms with E-state index in [9.17, 15) is 5.11 Å². The molecule has 11 nitrogen and oxygen atoms in total. The number of nitrogens with zero attached hydrogens (tertiary/aromatic N) is 8. The maximum atomic E-state index is 10.1. The molecule has 0 saturated carbocycles. The number of halogens is 1. The Hall–Kier alpha value is -4.79. The summed E-state index contributed by atoms with van der Waals surface area (Å²) in [6.07, 6.45) is 10.3. The Morgan fingerprint density at radius 3 is 1.55 bits per heavy atom. The molecule has 13 heteroatoms. The third-order valence-corrected chi connectivity index (χ3v) is 7.40. The first-order valence-corrected chi connectivity index (χ1v) is 17.4. The molecule has 0 aliphatic heterocycles. The van der Waals surface area contributed by atoms with Gasteiger partial charge in [0.1, 0.15) is 0 Å². The summed E-state index contributed by atoms with van der Waals surface area (Å²) < 4.78 is 0. The molecule has 0 fully saturated rings. The maximum absolute atomic E-state index is 10.1. The van der Waals surface area contributed by atoms with Crippen LogP contribution < -0.4 is 67.5 Å². The number of fused-ring (bicyclic) bond motifs is 2. The molecule has 0 atom stereocenters. The van der Waals surface area contributed by atoms with Gasteiger partial charge in [-0.05, 0) is 98.8 Å². The van der Waals surface area contributed by atoms with Crippen molar-refractivity contribution in [3.63, 3.8) is 0 Å². The van der Waals surface area contributed by atoms with Gasteiger partial charge in [0.2, 0.25) is 0 Å². The van der Waals surface area contributed by atoms with Gasteiger partial charge in [-0.2, -0.15) is 0 Å². The van der Waals surface area contributed by atoms with Crippen molar-refractivity contribution in [1.82, 2.24) is 39.9 Å². The molecule has 3 N–H and O–H groups in total. The van der Waals surface area contributed by atoms with Crippen LogP contribution in [0.2, 0.25) is 5.02 Å². The van der Waals surface area contributed by atoms with Gasteiger partial charge in [0.05, 0.1) is 33.5 Å². The zero-order chi connectivity index (χ0) is 38.5. The summed E-state index contributed by atoms with van der Waals surface area (Å²) >= 11 is 6.24. The molecule has 8 aromatic heterocycles. The van der Waals surface area contributed by atoms with E-state index in [1.54, 1.807) is 70.1 Å². The molecule has 0 saturated heterocycles. The van der Waals surface area contributed by atoms with Crippen molar-refractivity contribution in [2.75, 3.05) is 11.1 Å². The summed E-state index contributed by atoms with van der Waals surface area (Å²) in [6.45, 7) is 8.82. The number of anilines is 3. The van der Waals surface area contributed by atoms with Crippen LogP contribution in [-0.2, 0) is 0 Å². The fourth-order valence-corrected chi connectivity index (χ4v) is 5.02. The summed E-state index contributed by atoms with van der Waals surface area (Å²) in [5, 5.41) is 16.0. The average Bonchev–Trinajstić information content (AvgIpc) is 3.15. The van der Waals surface area contributed by atoms with Crippen molar-refractivity contribution in [1.29, 1.82) is 0 Å². The smallest absolute Gasteiger partial charge is 0.850 e. The van der Waals surface area contributed by atoms with Crippen LogP contribution in [0.1, 0.15) is 32.2 Å². The van der Waals surface area contributed by atoms with Crippen molar-refractivity contribution >= 4 is 50.7 Å². The first kappa shape index (κ1) is 42.9. The van der Waals surface area contributed by atoms with Crippen molar-refractivity contribution in [2.45, 2.75) is 40.2 Å². The molecule has 0 spiro atoms. The number of aryl methyl sites for hydroxylation is 2. The van der Waals surface area contributed by atoms with Crippen LogP contribution in [0, 0.1) is 13.8 Å². The zero-order valence-corrected chi connectivity index (χ0v) is 35.5. The van der Waals surface area contributed by atoms with Gasteiger partial charge >= 0.3 is 51.4 Å². The number of nitrogens with two attached hydrogens (primary N) is 1. The van der Waals surface area contributed by atoms with Gasteiger partial charge in [-0.3, -0.25) is 19.9 Å². The Bertz CT molecular complexity index is 2430. The summed E-state index contributed by atoms with van der Waals surface area (Å²) in [7, 11) is 0. The third-order valence-electron chi connectivity index (χ3n) is 7.08. The molecule has 8 aromatic rings. The number of aromatic nitrogens is 8. The first-order chi connectivity index (χ1) is 25.9. The Labute approximate surface area is 368 Å². The van der Waals surface area contributed by atoms with Crippen molar-refractivity contribution < 1.29 is 56.5 Å². The second kappa shape index (κ2) is 20.8. The monoisotopic (exact) mass is 774 g/mol. The molecule has 0 aliphatic rings. The van der Waals surface area contributed by atoms with E-state index >= 15 is 0 Å². The molecule has 8 rings (SSSR count). The van der Waals surface area contributed by atoms with E-state index in [1.165, 1.54) is 0 Å². The molecule has 0 radical (unpaired) electrons. The van der Waals surface area contributed by atoms with E-state index < -0.39 is 5.60 Å². The Kier molecular flexibility index (Phi) is 16.2. The van der Waals surface area contributed by atoms with E-state index in [0.29, 0.717) is 16.3 Å². The van der Waals surface area contributed by atoms with Crippen LogP contribution in [0.25, 0.3) is 44.8 Å². The molecule has 55 heavy (non-hydrogen) atoms. The van der Waals surface area contributed by atoms with E-state index in [0.717, 1.165) is 62.0 Å². The maximum Gasteiger partial charge on any atom is 1.00 e. The van der Waals surface area contributed by atoms with Gasteiger partial charge in [0.15, 0.2) is 11.3 Å². The molecule has 0 amide bonds. The number of pyridine rings is 8. The largest absolute Gasteiger partial charge is 1.00 e. The molecular weight excluding hydrogens is 735 g/mol. The molecule has 272 valence electrons. The predicted molar refractivity (Wildman–Crippen MR) is 216 cm³/mol. The normalized spacial score (nSPS) is 10.4. The summed E-state index contributed by atoms with van der Waals surface area (Å²) in [6, 6.07) is 30.6. The quantitative estimate of drug-likeness (QED) is 0.214. The molecule has 0 bridgehead atoms. The van der Waals surface area contributed by atoms with Gasteiger partial charge in [0, 0.05) is 70.7 Å². The van der Waals surface area contributed by atoms with Gasteiger partial charge in [-0.1, -0.05) is 44.5 Å². The van der Waals surface area contributed by atoms with Crippen LogP contribution in [0.3, 0.4) is 0 Å². The molecule has 0 unspecified atom stereocenters. The molecule has 0 aliphatic carbocycles. The van der Waals surface area contributed by atoms with Crippen molar-refractivity contribution in [3.8, 4) is 22.8 Å². The molecule has 8 heterocycles. The summed E-state index contributed by atoms with van der Waals surface area (Å²) in [4.78, 5) is 34.6. The zero-order valence-electron chi connectivity index (χ0n) is 31.6. The second-order valence-corrected chi connectivity index (χ2v) is 13.3. The minimum absolute atomic E-state index is 0. The average molecular weight is 775 g/mol. The van der Waals surface area contributed by atoms with Crippen molar-refractivity contribution in [3.05, 3.63) is 151 Å². The number of nitrogens with one attached hydrogen (secondary N) is 1. The van der Waals surface area contributed by atoms with Gasteiger partial charge in [0.25, 0.3) is 0 Å². The van der Waals surface area contributed by atoms with E-state index in [-0.39, 0.29) is 51.4 Å². The number of nitrogen functional groups attached to an aromatic ring is 1. The van der Waals surface area contributed by atoms with Crippen LogP contribution in [-0.4, -0.2) is 45.5 Å². The Balaban J connectivity index is 0.000000190. The van der Waals surface area contributed by atoms with Crippen molar-refractivity contribution in [2.24, 2.45) is 0 Å². The second-order valence-electron chi connectivity index (χ2n) is 12.9. The minimum Gasteiger partial charge on any atom is -0.850 e. The summed E-state index contributed by atoms with van der Waals surface area (Å²) in [5.41, 5.74) is 13.7. The standard InChI is InChI=1S/C19H15N5.C14H10ClN3.C5H6N2.C4H9O.K/c1-13-4-2-6-16(22-13)18-12-17(23-14-7-10-20-11-8-14)15-5-3-9-21-19(15)24-18;1-9-4-2-6-12(17-9)13-8-11(15)10-5-3-7-16-14(10)18-13;6-5-1-3-7-4-2-5;1-4(2,3)5;/h2-12H,1H3,(H,20,21,23,24);2-8H,1H3;1-4H,(H2,6,7);1-3H3;/q;;;-1;+1. The fourth-order valence-electron chi connectivity index (χ4n) is 4.77. The van der Waals surface area contributed by atoms with Gasteiger partial charge in [-0.25, -0.2) is 19.9 Å². The number of hydrogen-bond donors (Lipinski definition) is 2. The van der Waals surface area contributed by atoms with Gasteiger partial charge < -0.3 is 16.2 Å². The molecular formula is C42H40ClKN10O. The fraction of sp³-hybridized carbons (Fsp3) is 0.143. The van der Waals surface area contributed by atoms with Gasteiger partial charge in [-0.15, -0.1) is 5.60 Å². The third kappa shape index (κ3) is 13.8. The van der Waals surface area contributed by atoms with E-state index in [1.807, 2.05) is 98.8 Å². The van der Waals surface area contributed by atoms with Crippen LogP contribution in [0.15, 0.2) is 134 Å². The summed E-state index contributed by atoms with van der Waals surface area (Å²) in [5.74, 6) is 0. The van der Waals surface area contributed by atoms with E-state index in [4.69, 9.17) is 17.3 Å². The Morgan fingerprint density at radius 1 is 0.582 bits per heavy atom. The van der Waals surface area contributed by atoms with E-state index in [2.05, 4.69) is 45.2 Å². The topological polar surface area (TPSA) is 164 Å². The number of rotatable bonds is 4. The van der Waals surface area contributed by atoms with Crippen LogP contribution in [0.4, 0.5) is 17.1 Å². The first-order valence-electron chi connectivity index (χ1n) is 17.0. The van der Waals surface area contributed by atoms with Crippen LogP contribution >= 0.6 is 11.6 Å². The Morgan fingerprint density at radius 2 is 1.05 bits per heavy atom. The molecule has 0 aromatic carbocycles. The minimum atomic E-state index is -0.750. The SMILES string of the molecule is CC(C)(C)[O-].Cc1cccc(-c2cc(Cl)c3cccnc3n2)n1.Cc1cccc(-c2cc(Nc3ccncc3)c3cccnc3n2)n1.Nc1ccncc1.[K+]. The van der Waals surface area contributed by atoms with Crippen LogP contribution in [0.5, 0.6) is 0 Å². The number of hydrogen-bond acceptors (Lipinski definition) is 11. The predicted octanol–water partition coefficient (Wildman–Crippen LogP) is 5.61.